The molecule has 0 unspecified atom stereocenters. The number of nitrogens with zero attached hydrogens (tertiary/aromatic N) is 3. The fourth-order valence-corrected chi connectivity index (χ4v) is 4.37. The highest BCUT2D eigenvalue weighted by atomic mass is 32.1. The third-order valence-corrected chi connectivity index (χ3v) is 6.29. The van der Waals surface area contributed by atoms with Crippen molar-refractivity contribution in [1.29, 1.82) is 0 Å². The fourth-order valence-electron chi connectivity index (χ4n) is 4.16. The van der Waals surface area contributed by atoms with E-state index in [2.05, 4.69) is 44.7 Å². The monoisotopic (exact) mass is 489 g/mol. The van der Waals surface area contributed by atoms with Crippen LogP contribution in [0.2, 0.25) is 0 Å². The van der Waals surface area contributed by atoms with Crippen LogP contribution in [0.3, 0.4) is 0 Å². The van der Waals surface area contributed by atoms with Crippen molar-refractivity contribution >= 4 is 40.3 Å². The number of piperazine rings is 1. The molecule has 4 rings (SSSR count). The zero-order chi connectivity index (χ0) is 24.8. The highest BCUT2D eigenvalue weighted by Gasteiger charge is 2.19. The predicted octanol–water partition coefficient (Wildman–Crippen LogP) is 4.35. The van der Waals surface area contributed by atoms with Gasteiger partial charge in [0.25, 0.3) is 11.6 Å². The van der Waals surface area contributed by atoms with Crippen LogP contribution in [0.1, 0.15) is 21.5 Å². The first-order valence-corrected chi connectivity index (χ1v) is 11.8. The molecule has 1 aliphatic rings. The molecule has 0 atom stereocenters. The Bertz CT molecular complexity index is 1210. The Morgan fingerprint density at radius 2 is 1.66 bits per heavy atom. The number of nitrogens with one attached hydrogen (secondary N) is 2. The number of carbonyl (C=O) groups is 1. The fraction of sp³-hybridized carbons (Fsp3) is 0.231. The van der Waals surface area contributed by atoms with Crippen LogP contribution in [0.4, 0.5) is 17.1 Å². The van der Waals surface area contributed by atoms with Crippen LogP contribution >= 0.6 is 12.2 Å². The van der Waals surface area contributed by atoms with Gasteiger partial charge in [-0.15, -0.1) is 0 Å². The molecule has 3 aromatic carbocycles. The molecule has 0 aromatic heterocycles. The summed E-state index contributed by atoms with van der Waals surface area (Å²) in [6.07, 6.45) is 0. The summed E-state index contributed by atoms with van der Waals surface area (Å²) in [5, 5.41) is 16.9. The van der Waals surface area contributed by atoms with Gasteiger partial charge >= 0.3 is 0 Å². The van der Waals surface area contributed by atoms with Gasteiger partial charge in [0, 0.05) is 61.3 Å². The van der Waals surface area contributed by atoms with Crippen LogP contribution in [0.25, 0.3) is 0 Å². The van der Waals surface area contributed by atoms with Gasteiger partial charge in [-0.05, 0) is 55.0 Å². The first kappa shape index (κ1) is 24.3. The molecule has 1 aliphatic heterocycles. The van der Waals surface area contributed by atoms with E-state index in [4.69, 9.17) is 12.2 Å². The molecule has 35 heavy (non-hydrogen) atoms. The van der Waals surface area contributed by atoms with Gasteiger partial charge in [0.1, 0.15) is 0 Å². The first-order chi connectivity index (χ1) is 16.9. The number of thiocarbonyl (C=S) groups is 1. The van der Waals surface area contributed by atoms with Crippen LogP contribution in [0.5, 0.6) is 0 Å². The normalized spacial score (nSPS) is 13.8. The van der Waals surface area contributed by atoms with Gasteiger partial charge in [0.15, 0.2) is 5.11 Å². The number of hydrogen-bond acceptors (Lipinski definition) is 6. The van der Waals surface area contributed by atoms with Crippen LogP contribution in [0, 0.1) is 17.0 Å². The smallest absolute Gasteiger partial charge is 0.273 e. The molecule has 0 saturated carbocycles. The number of amides is 1. The lowest BCUT2D eigenvalue weighted by Crippen LogP contribution is -2.45. The van der Waals surface area contributed by atoms with E-state index in [0.717, 1.165) is 44.1 Å². The highest BCUT2D eigenvalue weighted by Crippen LogP contribution is 2.22. The minimum atomic E-state index is -0.507. The lowest BCUT2D eigenvalue weighted by atomic mass is 10.1. The van der Waals surface area contributed by atoms with E-state index in [-0.39, 0.29) is 16.4 Å². The number of carbonyl (C=O) groups excluding carboxylic acids is 1. The summed E-state index contributed by atoms with van der Waals surface area (Å²) >= 11 is 5.27. The second-order valence-electron chi connectivity index (χ2n) is 8.41. The molecule has 8 nitrogen and oxygen atoms in total. The quantitative estimate of drug-likeness (QED) is 0.302. The Morgan fingerprint density at radius 1 is 0.971 bits per heavy atom. The van der Waals surface area contributed by atoms with Crippen LogP contribution in [-0.4, -0.2) is 47.0 Å². The average Bonchev–Trinajstić information content (AvgIpc) is 2.85. The second kappa shape index (κ2) is 11.1. The van der Waals surface area contributed by atoms with Gasteiger partial charge in [0.2, 0.25) is 0 Å². The van der Waals surface area contributed by atoms with E-state index < -0.39 is 10.8 Å². The zero-order valence-corrected chi connectivity index (χ0v) is 20.3. The molecule has 180 valence electrons. The molecular formula is C26H27N5O3S. The van der Waals surface area contributed by atoms with Crippen LogP contribution in [-0.2, 0) is 6.54 Å². The molecule has 0 aliphatic carbocycles. The summed E-state index contributed by atoms with van der Waals surface area (Å²) < 4.78 is 0. The van der Waals surface area contributed by atoms with E-state index in [1.54, 1.807) is 6.92 Å². The maximum absolute atomic E-state index is 12.6. The Hall–Kier alpha value is -3.82. The molecule has 3 aromatic rings. The standard InChI is InChI=1S/C26H27N5O3S/c1-19-23(8-5-9-24(19)31(33)34)25(32)28-26(35)27-21-10-12-22(13-11-21)30-16-14-29(15-17-30)18-20-6-3-2-4-7-20/h2-13H,14-18H2,1H3,(H2,27,28,32,35). The summed E-state index contributed by atoms with van der Waals surface area (Å²) in [4.78, 5) is 28.0. The van der Waals surface area contributed by atoms with E-state index in [1.165, 1.54) is 23.8 Å². The van der Waals surface area contributed by atoms with Gasteiger partial charge in [-0.25, -0.2) is 0 Å². The molecule has 2 N–H and O–H groups in total. The maximum atomic E-state index is 12.6. The highest BCUT2D eigenvalue weighted by molar-refractivity contribution is 7.80. The molecule has 0 bridgehead atoms. The van der Waals surface area contributed by atoms with Crippen LogP contribution in [0.15, 0.2) is 72.8 Å². The third kappa shape index (κ3) is 6.20. The van der Waals surface area contributed by atoms with Crippen molar-refractivity contribution in [2.24, 2.45) is 0 Å². The average molecular weight is 490 g/mol. The molecule has 0 spiro atoms. The van der Waals surface area contributed by atoms with E-state index in [1.807, 2.05) is 30.3 Å². The van der Waals surface area contributed by atoms with E-state index >= 15 is 0 Å². The van der Waals surface area contributed by atoms with Gasteiger partial charge in [-0.3, -0.25) is 25.1 Å². The Kier molecular flexibility index (Phi) is 7.69. The second-order valence-corrected chi connectivity index (χ2v) is 8.82. The Labute approximate surface area is 209 Å². The maximum Gasteiger partial charge on any atom is 0.273 e. The topological polar surface area (TPSA) is 90.8 Å². The SMILES string of the molecule is Cc1c(C(=O)NC(=S)Nc2ccc(N3CCN(Cc4ccccc4)CC3)cc2)cccc1[N+](=O)[O-]. The lowest BCUT2D eigenvalue weighted by molar-refractivity contribution is -0.385. The largest absolute Gasteiger partial charge is 0.369 e. The van der Waals surface area contributed by atoms with E-state index in [0.29, 0.717) is 5.56 Å². The summed E-state index contributed by atoms with van der Waals surface area (Å²) in [5.41, 5.74) is 3.62. The van der Waals surface area contributed by atoms with Crippen molar-refractivity contribution in [3.05, 3.63) is 99.6 Å². The van der Waals surface area contributed by atoms with Gasteiger partial charge in [-0.2, -0.15) is 0 Å². The summed E-state index contributed by atoms with van der Waals surface area (Å²) in [6.45, 7) is 6.43. The number of nitro groups is 1. The number of benzene rings is 3. The molecule has 1 heterocycles. The number of nitro benzene ring substituents is 1. The predicted molar refractivity (Wildman–Crippen MR) is 142 cm³/mol. The van der Waals surface area contributed by atoms with E-state index in [9.17, 15) is 14.9 Å². The minimum absolute atomic E-state index is 0.104. The van der Waals surface area contributed by atoms with Crippen molar-refractivity contribution in [3.8, 4) is 0 Å². The van der Waals surface area contributed by atoms with Crippen molar-refractivity contribution < 1.29 is 9.72 Å². The molecule has 9 heteroatoms. The summed E-state index contributed by atoms with van der Waals surface area (Å²) in [7, 11) is 0. The summed E-state index contributed by atoms with van der Waals surface area (Å²) in [6, 6.07) is 22.8. The Balaban J connectivity index is 1.29. The van der Waals surface area contributed by atoms with Gasteiger partial charge in [0.05, 0.1) is 4.92 Å². The minimum Gasteiger partial charge on any atom is -0.369 e. The van der Waals surface area contributed by atoms with Crippen molar-refractivity contribution in [3.63, 3.8) is 0 Å². The van der Waals surface area contributed by atoms with Crippen molar-refractivity contribution in [1.82, 2.24) is 10.2 Å². The molecular weight excluding hydrogens is 462 g/mol. The molecule has 1 amide bonds. The molecule has 0 radical (unpaired) electrons. The van der Waals surface area contributed by atoms with Crippen LogP contribution < -0.4 is 15.5 Å². The summed E-state index contributed by atoms with van der Waals surface area (Å²) in [5.74, 6) is -0.492. The zero-order valence-electron chi connectivity index (χ0n) is 19.4. The van der Waals surface area contributed by atoms with Gasteiger partial charge < -0.3 is 10.2 Å². The van der Waals surface area contributed by atoms with Crippen molar-refractivity contribution in [2.45, 2.75) is 13.5 Å². The number of anilines is 2. The number of hydrogen-bond donors (Lipinski definition) is 2. The molecule has 1 fully saturated rings. The first-order valence-electron chi connectivity index (χ1n) is 11.4. The number of rotatable bonds is 6. The van der Waals surface area contributed by atoms with Crippen molar-refractivity contribution in [2.75, 3.05) is 36.4 Å². The third-order valence-electron chi connectivity index (χ3n) is 6.09. The lowest BCUT2D eigenvalue weighted by Gasteiger charge is -2.36. The molecule has 1 saturated heterocycles. The Morgan fingerprint density at radius 3 is 2.31 bits per heavy atom. The van der Waals surface area contributed by atoms with Gasteiger partial charge in [-0.1, -0.05) is 36.4 Å².